The van der Waals surface area contributed by atoms with E-state index in [0.717, 1.165) is 23.0 Å². The van der Waals surface area contributed by atoms with Gasteiger partial charge in [-0.15, -0.1) is 23.5 Å². The molecule has 3 nitrogen and oxygen atoms in total. The average molecular weight is 543 g/mol. The van der Waals surface area contributed by atoms with Crippen LogP contribution in [-0.4, -0.2) is 29.5 Å². The zero-order valence-electron chi connectivity index (χ0n) is 21.9. The van der Waals surface area contributed by atoms with Crippen LogP contribution in [0.25, 0.3) is 0 Å². The van der Waals surface area contributed by atoms with Gasteiger partial charge >= 0.3 is 0 Å². The van der Waals surface area contributed by atoms with E-state index in [1.807, 2.05) is 47.8 Å². The summed E-state index contributed by atoms with van der Waals surface area (Å²) in [5.41, 5.74) is 5.04. The quantitative estimate of drug-likeness (QED) is 0.191. The monoisotopic (exact) mass is 542 g/mol. The zero-order valence-corrected chi connectivity index (χ0v) is 23.5. The fraction of sp³-hybridized carbons (Fsp3) is 0.273. The van der Waals surface area contributed by atoms with E-state index in [-0.39, 0.29) is 22.9 Å². The summed E-state index contributed by atoms with van der Waals surface area (Å²) in [6.07, 6.45) is -0.472. The van der Waals surface area contributed by atoms with Crippen molar-refractivity contribution in [2.24, 2.45) is 0 Å². The minimum Gasteiger partial charge on any atom is -0.491 e. The second-order valence-corrected chi connectivity index (χ2v) is 12.0. The molecule has 4 aromatic carbocycles. The van der Waals surface area contributed by atoms with Gasteiger partial charge < -0.3 is 14.2 Å². The van der Waals surface area contributed by atoms with Gasteiger partial charge in [-0.1, -0.05) is 96.1 Å². The molecule has 0 saturated carbocycles. The third kappa shape index (κ3) is 7.37. The molecule has 0 N–H and O–H groups in total. The van der Waals surface area contributed by atoms with E-state index < -0.39 is 0 Å². The molecule has 1 heterocycles. The van der Waals surface area contributed by atoms with Crippen LogP contribution >= 0.6 is 23.5 Å². The van der Waals surface area contributed by atoms with Gasteiger partial charge in [0.2, 0.25) is 6.29 Å². The van der Waals surface area contributed by atoms with Crippen molar-refractivity contribution in [3.63, 3.8) is 0 Å². The van der Waals surface area contributed by atoms with E-state index in [1.165, 1.54) is 22.3 Å². The Bertz CT molecular complexity index is 1250. The molecule has 0 unspecified atom stereocenters. The molecular weight excluding hydrogens is 508 g/mol. The maximum Gasteiger partial charge on any atom is 0.213 e. The summed E-state index contributed by atoms with van der Waals surface area (Å²) in [4.78, 5) is 0. The van der Waals surface area contributed by atoms with Crippen LogP contribution in [0.5, 0.6) is 11.5 Å². The van der Waals surface area contributed by atoms with Crippen LogP contribution in [-0.2, 0) is 16.2 Å². The van der Waals surface area contributed by atoms with Gasteiger partial charge in [-0.05, 0) is 49.2 Å². The van der Waals surface area contributed by atoms with Gasteiger partial charge in [-0.3, -0.25) is 0 Å². The Morgan fingerprint density at radius 1 is 0.605 bits per heavy atom. The van der Waals surface area contributed by atoms with Gasteiger partial charge in [0.1, 0.15) is 24.2 Å². The van der Waals surface area contributed by atoms with Gasteiger partial charge in [0.15, 0.2) is 0 Å². The van der Waals surface area contributed by atoms with E-state index in [1.54, 1.807) is 0 Å². The molecule has 38 heavy (non-hydrogen) atoms. The Hall–Kier alpha value is -2.86. The van der Waals surface area contributed by atoms with E-state index in [4.69, 9.17) is 14.2 Å². The van der Waals surface area contributed by atoms with Crippen molar-refractivity contribution in [3.05, 3.63) is 131 Å². The van der Waals surface area contributed by atoms with E-state index in [0.29, 0.717) is 6.61 Å². The third-order valence-corrected chi connectivity index (χ3v) is 9.60. The van der Waals surface area contributed by atoms with Crippen LogP contribution in [0.15, 0.2) is 109 Å². The first-order valence-electron chi connectivity index (χ1n) is 13.0. The normalized spacial score (nSPS) is 20.8. The molecule has 0 aromatic heterocycles. The van der Waals surface area contributed by atoms with Crippen molar-refractivity contribution in [2.75, 3.05) is 6.61 Å². The van der Waals surface area contributed by atoms with E-state index in [9.17, 15) is 0 Å². The molecule has 0 spiro atoms. The van der Waals surface area contributed by atoms with Gasteiger partial charge in [0.05, 0.1) is 10.5 Å². The highest BCUT2D eigenvalue weighted by atomic mass is 32.2. The molecule has 1 saturated heterocycles. The lowest BCUT2D eigenvalue weighted by Crippen LogP contribution is -2.32. The summed E-state index contributed by atoms with van der Waals surface area (Å²) in [5, 5.41) is 0.335. The predicted octanol–water partition coefficient (Wildman–Crippen LogP) is 8.09. The van der Waals surface area contributed by atoms with Crippen molar-refractivity contribution in [3.8, 4) is 11.5 Å². The lowest BCUT2D eigenvalue weighted by molar-refractivity contribution is -0.0802. The summed E-state index contributed by atoms with van der Waals surface area (Å²) in [6, 6.07) is 37.7. The average Bonchev–Trinajstić information content (AvgIpc) is 3.28. The van der Waals surface area contributed by atoms with Gasteiger partial charge in [0, 0.05) is 11.5 Å². The standard InChI is InChI=1S/C33H34O3S2/c1-24-13-17-28(18-14-24)34-21-30-31(37-22-26-9-5-3-6-10-26)32(38-23-27-11-7-4-8-12-27)33(36-30)35-29-19-15-25(2)16-20-29/h3-20,30-33H,21-23H2,1-2H3/t30-,31+,32+,33+/m1/s1. The number of hydrogen-bond donors (Lipinski definition) is 0. The summed E-state index contributed by atoms with van der Waals surface area (Å²) in [7, 11) is 0. The molecular formula is C33H34O3S2. The molecule has 4 atom stereocenters. The van der Waals surface area contributed by atoms with Crippen LogP contribution in [0.2, 0.25) is 0 Å². The maximum atomic E-state index is 6.65. The van der Waals surface area contributed by atoms with Gasteiger partial charge in [0.25, 0.3) is 0 Å². The first-order valence-corrected chi connectivity index (χ1v) is 15.1. The topological polar surface area (TPSA) is 27.7 Å². The summed E-state index contributed by atoms with van der Waals surface area (Å²) < 4.78 is 19.4. The molecule has 5 heteroatoms. The van der Waals surface area contributed by atoms with Crippen LogP contribution in [0.4, 0.5) is 0 Å². The van der Waals surface area contributed by atoms with Crippen molar-refractivity contribution >= 4 is 23.5 Å². The smallest absolute Gasteiger partial charge is 0.213 e. The zero-order chi connectivity index (χ0) is 26.2. The molecule has 4 aromatic rings. The van der Waals surface area contributed by atoms with E-state index in [2.05, 4.69) is 98.8 Å². The summed E-state index contributed by atoms with van der Waals surface area (Å²) >= 11 is 3.85. The Morgan fingerprint density at radius 3 is 1.66 bits per heavy atom. The molecule has 0 bridgehead atoms. The van der Waals surface area contributed by atoms with Gasteiger partial charge in [-0.2, -0.15) is 0 Å². The number of ether oxygens (including phenoxy) is 3. The first-order chi connectivity index (χ1) is 18.6. The molecule has 1 fully saturated rings. The second kappa shape index (κ2) is 13.3. The lowest BCUT2D eigenvalue weighted by Gasteiger charge is -2.24. The molecule has 1 aliphatic rings. The van der Waals surface area contributed by atoms with Crippen molar-refractivity contribution in [2.45, 2.75) is 48.2 Å². The Labute approximate surface area is 234 Å². The third-order valence-electron chi connectivity index (χ3n) is 6.55. The van der Waals surface area contributed by atoms with Crippen LogP contribution in [0.3, 0.4) is 0 Å². The minimum atomic E-state index is -0.369. The highest BCUT2D eigenvalue weighted by molar-refractivity contribution is 8.03. The molecule has 5 rings (SSSR count). The molecule has 0 amide bonds. The summed E-state index contributed by atoms with van der Waals surface area (Å²) in [5.74, 6) is 3.51. The molecule has 1 aliphatic heterocycles. The highest BCUT2D eigenvalue weighted by Gasteiger charge is 2.47. The highest BCUT2D eigenvalue weighted by Crippen LogP contribution is 2.42. The van der Waals surface area contributed by atoms with E-state index >= 15 is 0 Å². The summed E-state index contributed by atoms with van der Waals surface area (Å²) in [6.45, 7) is 4.65. The number of thioether (sulfide) groups is 2. The Kier molecular flexibility index (Phi) is 9.34. The first kappa shape index (κ1) is 26.7. The minimum absolute atomic E-state index is 0.103. The fourth-order valence-corrected chi connectivity index (χ4v) is 7.34. The maximum absolute atomic E-state index is 6.65. The largest absolute Gasteiger partial charge is 0.491 e. The Morgan fingerprint density at radius 2 is 1.11 bits per heavy atom. The Balaban J connectivity index is 1.37. The van der Waals surface area contributed by atoms with Crippen molar-refractivity contribution in [1.29, 1.82) is 0 Å². The number of benzene rings is 4. The number of rotatable bonds is 11. The molecule has 0 radical (unpaired) electrons. The molecule has 196 valence electrons. The van der Waals surface area contributed by atoms with Crippen LogP contribution in [0, 0.1) is 13.8 Å². The second-order valence-electron chi connectivity index (χ2n) is 9.62. The SMILES string of the molecule is Cc1ccc(OC[C@H]2O[C@H](Oc3ccc(C)cc3)[C@@H](SCc3ccccc3)[C@H]2SCc2ccccc2)cc1. The fourth-order valence-electron chi connectivity index (χ4n) is 4.40. The van der Waals surface area contributed by atoms with Crippen LogP contribution < -0.4 is 9.47 Å². The molecule has 0 aliphatic carbocycles. The predicted molar refractivity (Wildman–Crippen MR) is 160 cm³/mol. The van der Waals surface area contributed by atoms with Crippen LogP contribution in [0.1, 0.15) is 22.3 Å². The van der Waals surface area contributed by atoms with Crippen molar-refractivity contribution in [1.82, 2.24) is 0 Å². The number of hydrogen-bond acceptors (Lipinski definition) is 5. The number of aryl methyl sites for hydroxylation is 2. The van der Waals surface area contributed by atoms with Crippen molar-refractivity contribution < 1.29 is 14.2 Å². The lowest BCUT2D eigenvalue weighted by atomic mass is 10.2. The van der Waals surface area contributed by atoms with Gasteiger partial charge in [-0.25, -0.2) is 0 Å².